The zero-order valence-electron chi connectivity index (χ0n) is 9.58. The maximum absolute atomic E-state index is 8.99. The number of hydrogen-bond donors (Lipinski definition) is 1. The summed E-state index contributed by atoms with van der Waals surface area (Å²) in [5.74, 6) is 1.30. The number of nitrogens with zero attached hydrogens (tertiary/aromatic N) is 3. The molecule has 0 atom stereocenters. The normalized spacial score (nSPS) is 10.0. The smallest absolute Gasteiger partial charge is 0.203 e. The van der Waals surface area contributed by atoms with E-state index >= 15 is 0 Å². The van der Waals surface area contributed by atoms with Crippen LogP contribution in [0.25, 0.3) is 0 Å². The molecule has 0 aliphatic rings. The number of hydrogen-bond acceptors (Lipinski definition) is 7. The van der Waals surface area contributed by atoms with Crippen molar-refractivity contribution in [2.45, 2.75) is 10.1 Å². The third kappa shape index (κ3) is 2.91. The lowest BCUT2D eigenvalue weighted by Gasteiger charge is -2.04. The van der Waals surface area contributed by atoms with E-state index in [0.29, 0.717) is 22.2 Å². The molecule has 0 saturated heterocycles. The van der Waals surface area contributed by atoms with Crippen molar-refractivity contribution in [1.82, 2.24) is 10.2 Å². The van der Waals surface area contributed by atoms with E-state index in [1.807, 2.05) is 12.1 Å². The fourth-order valence-corrected chi connectivity index (χ4v) is 2.94. The third-order valence-corrected chi connectivity index (χ3v) is 4.13. The summed E-state index contributed by atoms with van der Waals surface area (Å²) in [6, 6.07) is 7.65. The van der Waals surface area contributed by atoms with E-state index in [-0.39, 0.29) is 0 Å². The number of rotatable bonds is 4. The molecule has 0 aliphatic heterocycles. The Hall–Kier alpha value is -1.78. The first kappa shape index (κ1) is 12.7. The summed E-state index contributed by atoms with van der Waals surface area (Å²) in [5, 5.41) is 17.1. The monoisotopic (exact) mass is 278 g/mol. The molecule has 0 fully saturated rings. The van der Waals surface area contributed by atoms with Gasteiger partial charge in [0, 0.05) is 5.75 Å². The van der Waals surface area contributed by atoms with Crippen LogP contribution in [0.5, 0.6) is 5.75 Å². The van der Waals surface area contributed by atoms with Crippen molar-refractivity contribution in [3.8, 4) is 11.8 Å². The molecule has 7 heteroatoms. The number of nitriles is 1. The summed E-state index contributed by atoms with van der Waals surface area (Å²) < 4.78 is 5.91. The highest BCUT2D eigenvalue weighted by Crippen LogP contribution is 2.28. The molecule has 92 valence electrons. The van der Waals surface area contributed by atoms with E-state index < -0.39 is 0 Å². The van der Waals surface area contributed by atoms with Gasteiger partial charge in [-0.15, -0.1) is 10.2 Å². The van der Waals surface area contributed by atoms with Crippen LogP contribution in [0.2, 0.25) is 0 Å². The lowest BCUT2D eigenvalue weighted by Crippen LogP contribution is -1.90. The maximum Gasteiger partial charge on any atom is 0.203 e. The summed E-state index contributed by atoms with van der Waals surface area (Å²) in [7, 11) is 1.55. The van der Waals surface area contributed by atoms with Crippen molar-refractivity contribution in [2.24, 2.45) is 0 Å². The van der Waals surface area contributed by atoms with Crippen molar-refractivity contribution in [3.63, 3.8) is 0 Å². The van der Waals surface area contributed by atoms with Crippen LogP contribution in [0, 0.1) is 11.3 Å². The molecule has 2 rings (SSSR count). The van der Waals surface area contributed by atoms with Gasteiger partial charge in [-0.3, -0.25) is 0 Å². The molecule has 0 aliphatic carbocycles. The Labute approximate surface area is 113 Å². The highest BCUT2D eigenvalue weighted by molar-refractivity contribution is 8.00. The average Bonchev–Trinajstić information content (AvgIpc) is 2.81. The highest BCUT2D eigenvalue weighted by atomic mass is 32.2. The predicted molar refractivity (Wildman–Crippen MR) is 71.6 cm³/mol. The lowest BCUT2D eigenvalue weighted by molar-refractivity contribution is 0.413. The number of nitrogen functional groups attached to an aromatic ring is 1. The van der Waals surface area contributed by atoms with E-state index in [1.54, 1.807) is 24.9 Å². The van der Waals surface area contributed by atoms with Gasteiger partial charge in [0.1, 0.15) is 11.8 Å². The van der Waals surface area contributed by atoms with Crippen LogP contribution in [0.1, 0.15) is 11.1 Å². The molecule has 18 heavy (non-hydrogen) atoms. The van der Waals surface area contributed by atoms with Crippen molar-refractivity contribution >= 4 is 28.2 Å². The highest BCUT2D eigenvalue weighted by Gasteiger charge is 2.06. The predicted octanol–water partition coefficient (Wildman–Crippen LogP) is 2.29. The standard InChI is InChI=1S/C11H10N4OS2/c1-16-9-3-2-7(4-8(9)5-12)6-17-11-15-14-10(13)18-11/h2-4H,6H2,1H3,(H2,13,14). The number of nitrogens with two attached hydrogens (primary N) is 1. The van der Waals surface area contributed by atoms with Crippen LogP contribution in [0.4, 0.5) is 5.13 Å². The molecule has 0 bridgehead atoms. The molecule has 1 heterocycles. The number of aromatic nitrogens is 2. The second kappa shape index (κ2) is 5.71. The van der Waals surface area contributed by atoms with Crippen LogP contribution in [-0.4, -0.2) is 17.3 Å². The molecular formula is C11H10N4OS2. The van der Waals surface area contributed by atoms with Gasteiger partial charge in [0.2, 0.25) is 5.13 Å². The molecule has 0 amide bonds. The molecule has 0 spiro atoms. The molecule has 2 N–H and O–H groups in total. The van der Waals surface area contributed by atoms with E-state index in [2.05, 4.69) is 16.3 Å². The zero-order valence-corrected chi connectivity index (χ0v) is 11.2. The second-order valence-electron chi connectivity index (χ2n) is 3.34. The van der Waals surface area contributed by atoms with E-state index in [9.17, 15) is 0 Å². The molecule has 1 aromatic carbocycles. The van der Waals surface area contributed by atoms with Gasteiger partial charge in [-0.05, 0) is 17.7 Å². The second-order valence-corrected chi connectivity index (χ2v) is 5.57. The Balaban J connectivity index is 2.08. The fourth-order valence-electron chi connectivity index (χ4n) is 1.36. The van der Waals surface area contributed by atoms with Crippen LogP contribution >= 0.6 is 23.1 Å². The van der Waals surface area contributed by atoms with Crippen molar-refractivity contribution in [1.29, 1.82) is 5.26 Å². The third-order valence-electron chi connectivity index (χ3n) is 2.17. The maximum atomic E-state index is 8.99. The van der Waals surface area contributed by atoms with Gasteiger partial charge >= 0.3 is 0 Å². The first-order chi connectivity index (χ1) is 8.72. The molecule has 5 nitrogen and oxygen atoms in total. The topological polar surface area (TPSA) is 84.8 Å². The molecule has 0 saturated carbocycles. The number of anilines is 1. The minimum atomic E-state index is 0.463. The van der Waals surface area contributed by atoms with Crippen LogP contribution in [0.3, 0.4) is 0 Å². The molecule has 0 radical (unpaired) electrons. The van der Waals surface area contributed by atoms with Crippen molar-refractivity contribution < 1.29 is 4.74 Å². The quantitative estimate of drug-likeness (QED) is 0.864. The van der Waals surface area contributed by atoms with Gasteiger partial charge in [-0.25, -0.2) is 0 Å². The largest absolute Gasteiger partial charge is 0.495 e. The van der Waals surface area contributed by atoms with Gasteiger partial charge in [0.15, 0.2) is 4.34 Å². The van der Waals surface area contributed by atoms with Gasteiger partial charge in [-0.2, -0.15) is 5.26 Å². The Kier molecular flexibility index (Phi) is 4.02. The molecule has 0 unspecified atom stereocenters. The summed E-state index contributed by atoms with van der Waals surface area (Å²) in [6.45, 7) is 0. The SMILES string of the molecule is COc1ccc(CSc2nnc(N)s2)cc1C#N. The molecule has 1 aromatic heterocycles. The first-order valence-electron chi connectivity index (χ1n) is 5.01. The summed E-state index contributed by atoms with van der Waals surface area (Å²) in [6.07, 6.45) is 0. The Morgan fingerprint density at radius 3 is 2.94 bits per heavy atom. The first-order valence-corrected chi connectivity index (χ1v) is 6.82. The Morgan fingerprint density at radius 1 is 1.50 bits per heavy atom. The minimum Gasteiger partial charge on any atom is -0.495 e. The van der Waals surface area contributed by atoms with Crippen LogP contribution in [0.15, 0.2) is 22.5 Å². The van der Waals surface area contributed by atoms with Gasteiger partial charge in [0.25, 0.3) is 0 Å². The molecule has 2 aromatic rings. The lowest BCUT2D eigenvalue weighted by atomic mass is 10.1. The van der Waals surface area contributed by atoms with Gasteiger partial charge in [-0.1, -0.05) is 29.2 Å². The number of methoxy groups -OCH3 is 1. The summed E-state index contributed by atoms with van der Waals surface area (Å²) in [4.78, 5) is 0. The van der Waals surface area contributed by atoms with Gasteiger partial charge in [0.05, 0.1) is 12.7 Å². The fraction of sp³-hybridized carbons (Fsp3) is 0.182. The summed E-state index contributed by atoms with van der Waals surface area (Å²) >= 11 is 2.90. The van der Waals surface area contributed by atoms with E-state index in [0.717, 1.165) is 9.90 Å². The zero-order chi connectivity index (χ0) is 13.0. The Morgan fingerprint density at radius 2 is 2.33 bits per heavy atom. The minimum absolute atomic E-state index is 0.463. The van der Waals surface area contributed by atoms with Crippen molar-refractivity contribution in [3.05, 3.63) is 29.3 Å². The van der Waals surface area contributed by atoms with E-state index in [1.165, 1.54) is 11.3 Å². The number of thioether (sulfide) groups is 1. The Bertz CT molecular complexity index is 591. The van der Waals surface area contributed by atoms with Gasteiger partial charge < -0.3 is 10.5 Å². The van der Waals surface area contributed by atoms with Crippen molar-refractivity contribution in [2.75, 3.05) is 12.8 Å². The van der Waals surface area contributed by atoms with Crippen LogP contribution < -0.4 is 10.5 Å². The average molecular weight is 278 g/mol. The molecular weight excluding hydrogens is 268 g/mol. The number of benzene rings is 1. The summed E-state index contributed by atoms with van der Waals surface area (Å²) in [5.41, 5.74) is 7.07. The number of ether oxygens (including phenoxy) is 1. The van der Waals surface area contributed by atoms with Crippen LogP contribution in [-0.2, 0) is 5.75 Å². The van der Waals surface area contributed by atoms with E-state index in [4.69, 9.17) is 15.7 Å².